The fourth-order valence-electron chi connectivity index (χ4n) is 3.17. The maximum Gasteiger partial charge on any atom is 0.328 e. The Morgan fingerprint density at radius 2 is 1.65 bits per heavy atom. The van der Waals surface area contributed by atoms with Crippen LogP contribution in [0.15, 0.2) is 0 Å². The molecular formula is C19H33N5O7. The molecule has 0 aromatic heterocycles. The summed E-state index contributed by atoms with van der Waals surface area (Å²) in [5, 5.41) is 28.4. The van der Waals surface area contributed by atoms with Crippen LogP contribution in [0.1, 0.15) is 46.0 Å². The van der Waals surface area contributed by atoms with E-state index in [0.717, 1.165) is 6.42 Å². The van der Waals surface area contributed by atoms with Crippen LogP contribution in [0.3, 0.4) is 0 Å². The van der Waals surface area contributed by atoms with Gasteiger partial charge in [0.05, 0.1) is 12.6 Å². The molecule has 176 valence electrons. The predicted octanol–water partition coefficient (Wildman–Crippen LogP) is -2.42. The van der Waals surface area contributed by atoms with Gasteiger partial charge in [0.2, 0.25) is 23.6 Å². The molecule has 1 aliphatic heterocycles. The van der Waals surface area contributed by atoms with Gasteiger partial charge in [-0.2, -0.15) is 0 Å². The molecule has 12 nitrogen and oxygen atoms in total. The number of carbonyl (C=O) groups excluding carboxylic acids is 4. The van der Waals surface area contributed by atoms with Gasteiger partial charge in [0.25, 0.3) is 0 Å². The number of hydrogen-bond acceptors (Lipinski definition) is 7. The molecule has 4 amide bonds. The van der Waals surface area contributed by atoms with Crippen LogP contribution in [0.5, 0.6) is 0 Å². The molecule has 1 heterocycles. The third kappa shape index (κ3) is 9.30. The molecule has 1 saturated heterocycles. The van der Waals surface area contributed by atoms with Crippen LogP contribution in [0.2, 0.25) is 0 Å². The van der Waals surface area contributed by atoms with Crippen LogP contribution >= 0.6 is 0 Å². The quantitative estimate of drug-likeness (QED) is 0.163. The van der Waals surface area contributed by atoms with Gasteiger partial charge in [-0.05, 0) is 38.1 Å². The summed E-state index contributed by atoms with van der Waals surface area (Å²) in [4.78, 5) is 60.0. The SMILES string of the molecule is CC(C)CC(NC(=O)C1CCCN1)C(=O)NC(CCC(N)=O)C(=O)NC(CO)C(=O)O. The van der Waals surface area contributed by atoms with Gasteiger partial charge in [0, 0.05) is 6.42 Å². The second-order valence-corrected chi connectivity index (χ2v) is 7.99. The van der Waals surface area contributed by atoms with Crippen molar-refractivity contribution in [3.8, 4) is 0 Å². The molecule has 1 fully saturated rings. The molecular weight excluding hydrogens is 410 g/mol. The predicted molar refractivity (Wildman–Crippen MR) is 109 cm³/mol. The fourth-order valence-corrected chi connectivity index (χ4v) is 3.17. The third-order valence-corrected chi connectivity index (χ3v) is 4.83. The van der Waals surface area contributed by atoms with E-state index in [1.54, 1.807) is 0 Å². The fraction of sp³-hybridized carbons (Fsp3) is 0.737. The number of amides is 4. The van der Waals surface area contributed by atoms with Crippen molar-refractivity contribution < 1.29 is 34.2 Å². The first-order chi connectivity index (χ1) is 14.5. The molecule has 1 rings (SSSR count). The summed E-state index contributed by atoms with van der Waals surface area (Å²) >= 11 is 0. The van der Waals surface area contributed by atoms with Crippen LogP contribution in [-0.4, -0.2) is 77.1 Å². The van der Waals surface area contributed by atoms with Crippen molar-refractivity contribution in [2.24, 2.45) is 11.7 Å². The van der Waals surface area contributed by atoms with E-state index >= 15 is 0 Å². The Kier molecular flexibility index (Phi) is 10.9. The van der Waals surface area contributed by atoms with E-state index in [1.165, 1.54) is 0 Å². The van der Waals surface area contributed by atoms with E-state index in [2.05, 4.69) is 21.3 Å². The average Bonchev–Trinajstić information content (AvgIpc) is 3.22. The van der Waals surface area contributed by atoms with Crippen LogP contribution in [0.25, 0.3) is 0 Å². The molecule has 12 heteroatoms. The number of aliphatic hydroxyl groups is 1. The number of carboxylic acids is 1. The Bertz CT molecular complexity index is 664. The van der Waals surface area contributed by atoms with Crippen molar-refractivity contribution in [3.05, 3.63) is 0 Å². The smallest absolute Gasteiger partial charge is 0.328 e. The number of primary amides is 1. The molecule has 4 atom stereocenters. The Labute approximate surface area is 180 Å². The van der Waals surface area contributed by atoms with Crippen LogP contribution < -0.4 is 27.0 Å². The maximum atomic E-state index is 12.9. The standard InChI is InChI=1S/C19H33N5O7/c1-10(2)8-13(23-16(27)11-4-3-7-21-11)18(29)22-12(5-6-15(20)26)17(28)24-14(9-25)19(30)31/h10-14,21,25H,3-9H2,1-2H3,(H2,20,26)(H,22,29)(H,23,27)(H,24,28)(H,30,31). The van der Waals surface area contributed by atoms with Gasteiger partial charge in [-0.15, -0.1) is 0 Å². The van der Waals surface area contributed by atoms with Crippen molar-refractivity contribution in [1.82, 2.24) is 21.3 Å². The van der Waals surface area contributed by atoms with E-state index < -0.39 is 54.5 Å². The molecule has 8 N–H and O–H groups in total. The highest BCUT2D eigenvalue weighted by Gasteiger charge is 2.31. The summed E-state index contributed by atoms with van der Waals surface area (Å²) in [6.07, 6.45) is 1.41. The summed E-state index contributed by atoms with van der Waals surface area (Å²) < 4.78 is 0. The number of rotatable bonds is 13. The Hall–Kier alpha value is -2.73. The number of nitrogens with two attached hydrogens (primary N) is 1. The highest BCUT2D eigenvalue weighted by molar-refractivity contribution is 5.94. The summed E-state index contributed by atoms with van der Waals surface area (Å²) in [5.74, 6) is -3.95. The maximum absolute atomic E-state index is 12.9. The number of aliphatic carboxylic acids is 1. The molecule has 0 aromatic carbocycles. The summed E-state index contributed by atoms with van der Waals surface area (Å²) in [7, 11) is 0. The third-order valence-electron chi connectivity index (χ3n) is 4.83. The van der Waals surface area contributed by atoms with Gasteiger partial charge in [-0.3, -0.25) is 19.2 Å². The first-order valence-corrected chi connectivity index (χ1v) is 10.3. The zero-order valence-corrected chi connectivity index (χ0v) is 17.8. The molecule has 0 spiro atoms. The van der Waals surface area contributed by atoms with Crippen molar-refractivity contribution in [2.45, 2.75) is 70.1 Å². The second-order valence-electron chi connectivity index (χ2n) is 7.99. The Morgan fingerprint density at radius 3 is 2.13 bits per heavy atom. The lowest BCUT2D eigenvalue weighted by Crippen LogP contribution is -2.57. The van der Waals surface area contributed by atoms with E-state index in [1.807, 2.05) is 13.8 Å². The lowest BCUT2D eigenvalue weighted by Gasteiger charge is -2.25. The normalized spacial score (nSPS) is 18.6. The highest BCUT2D eigenvalue weighted by atomic mass is 16.4. The molecule has 1 aliphatic rings. The minimum Gasteiger partial charge on any atom is -0.480 e. The lowest BCUT2D eigenvalue weighted by atomic mass is 10.0. The topological polar surface area (TPSA) is 200 Å². The molecule has 4 unspecified atom stereocenters. The van der Waals surface area contributed by atoms with Gasteiger partial charge in [0.15, 0.2) is 0 Å². The Balaban J connectivity index is 2.90. The summed E-state index contributed by atoms with van der Waals surface area (Å²) in [6, 6.07) is -4.16. The molecule has 0 saturated carbocycles. The van der Waals surface area contributed by atoms with Crippen molar-refractivity contribution in [1.29, 1.82) is 0 Å². The zero-order chi connectivity index (χ0) is 23.6. The molecule has 31 heavy (non-hydrogen) atoms. The minimum absolute atomic E-state index is 0.0521. The van der Waals surface area contributed by atoms with Crippen LogP contribution in [-0.2, 0) is 24.0 Å². The monoisotopic (exact) mass is 443 g/mol. The zero-order valence-electron chi connectivity index (χ0n) is 17.8. The summed E-state index contributed by atoms with van der Waals surface area (Å²) in [5.41, 5.74) is 5.13. The van der Waals surface area contributed by atoms with Crippen molar-refractivity contribution in [2.75, 3.05) is 13.2 Å². The van der Waals surface area contributed by atoms with Gasteiger partial charge in [-0.25, -0.2) is 4.79 Å². The van der Waals surface area contributed by atoms with Crippen molar-refractivity contribution >= 4 is 29.6 Å². The van der Waals surface area contributed by atoms with Gasteiger partial charge in [-0.1, -0.05) is 13.8 Å². The van der Waals surface area contributed by atoms with E-state index in [0.29, 0.717) is 19.4 Å². The number of nitrogens with one attached hydrogen (secondary N) is 4. The second kappa shape index (κ2) is 12.8. The molecule has 0 bridgehead atoms. The van der Waals surface area contributed by atoms with Crippen LogP contribution in [0.4, 0.5) is 0 Å². The van der Waals surface area contributed by atoms with Crippen molar-refractivity contribution in [3.63, 3.8) is 0 Å². The number of aliphatic hydroxyl groups excluding tert-OH is 1. The highest BCUT2D eigenvalue weighted by Crippen LogP contribution is 2.10. The van der Waals surface area contributed by atoms with E-state index in [-0.39, 0.29) is 24.7 Å². The van der Waals surface area contributed by atoms with Crippen LogP contribution in [0, 0.1) is 5.92 Å². The van der Waals surface area contributed by atoms with E-state index in [9.17, 15) is 24.0 Å². The molecule has 0 radical (unpaired) electrons. The average molecular weight is 444 g/mol. The first kappa shape index (κ1) is 26.3. The number of carboxylic acid groups (broad SMARTS) is 1. The molecule has 0 aromatic rings. The lowest BCUT2D eigenvalue weighted by molar-refractivity contribution is -0.143. The largest absolute Gasteiger partial charge is 0.480 e. The van der Waals surface area contributed by atoms with Gasteiger partial charge in [0.1, 0.15) is 18.1 Å². The first-order valence-electron chi connectivity index (χ1n) is 10.3. The summed E-state index contributed by atoms with van der Waals surface area (Å²) in [6.45, 7) is 3.61. The van der Waals surface area contributed by atoms with Gasteiger partial charge >= 0.3 is 5.97 Å². The minimum atomic E-state index is -1.57. The molecule has 0 aliphatic carbocycles. The van der Waals surface area contributed by atoms with E-state index in [4.69, 9.17) is 15.9 Å². The van der Waals surface area contributed by atoms with Gasteiger partial charge < -0.3 is 37.2 Å². The number of hydrogen-bond donors (Lipinski definition) is 7. The Morgan fingerprint density at radius 1 is 1.03 bits per heavy atom. The number of carbonyl (C=O) groups is 5.